The topological polar surface area (TPSA) is 41.5 Å². The molecule has 0 spiro atoms. The zero-order valence-electron chi connectivity index (χ0n) is 12.2. The number of ether oxygens (including phenoxy) is 1. The molecule has 0 N–H and O–H groups in total. The summed E-state index contributed by atoms with van der Waals surface area (Å²) < 4.78 is 18.7. The summed E-state index contributed by atoms with van der Waals surface area (Å²) in [7, 11) is 1.46. The number of methoxy groups -OCH3 is 1. The van der Waals surface area contributed by atoms with Gasteiger partial charge in [0.05, 0.1) is 19.5 Å². The van der Waals surface area contributed by atoms with Crippen LogP contribution in [0.4, 0.5) is 15.9 Å². The molecule has 0 saturated carbocycles. The van der Waals surface area contributed by atoms with Gasteiger partial charge in [-0.3, -0.25) is 4.98 Å². The minimum absolute atomic E-state index is 0.261. The summed E-state index contributed by atoms with van der Waals surface area (Å²) in [6.07, 6.45) is 3.22. The molecule has 1 aliphatic rings. The van der Waals surface area contributed by atoms with Gasteiger partial charge in [0.15, 0.2) is 11.6 Å². The van der Waals surface area contributed by atoms with Gasteiger partial charge in [0.1, 0.15) is 11.0 Å². The molecule has 22 heavy (non-hydrogen) atoms. The summed E-state index contributed by atoms with van der Waals surface area (Å²) in [5.41, 5.74) is 0.857. The fraction of sp³-hybridized carbons (Fsp3) is 0.333. The average molecular weight is 323 g/mol. The van der Waals surface area contributed by atoms with E-state index in [0.717, 1.165) is 37.7 Å². The number of anilines is 2. The van der Waals surface area contributed by atoms with Crippen molar-refractivity contribution in [2.45, 2.75) is 0 Å². The predicted octanol–water partition coefficient (Wildman–Crippen LogP) is 2.60. The van der Waals surface area contributed by atoms with Gasteiger partial charge in [-0.25, -0.2) is 9.37 Å². The first-order valence-corrected chi connectivity index (χ1v) is 7.36. The quantitative estimate of drug-likeness (QED) is 0.869. The van der Waals surface area contributed by atoms with Crippen LogP contribution in [0.1, 0.15) is 0 Å². The van der Waals surface area contributed by atoms with Gasteiger partial charge < -0.3 is 14.5 Å². The van der Waals surface area contributed by atoms with E-state index in [0.29, 0.717) is 5.15 Å². The minimum Gasteiger partial charge on any atom is -0.494 e. The van der Waals surface area contributed by atoms with Crippen LogP contribution >= 0.6 is 11.6 Å². The molecular formula is C15H16ClFN4O. The molecule has 2 aromatic rings. The van der Waals surface area contributed by atoms with E-state index in [1.807, 2.05) is 6.07 Å². The fourth-order valence-corrected chi connectivity index (χ4v) is 2.67. The first kappa shape index (κ1) is 14.8. The molecular weight excluding hydrogens is 307 g/mol. The summed E-state index contributed by atoms with van der Waals surface area (Å²) in [4.78, 5) is 12.6. The second-order valence-corrected chi connectivity index (χ2v) is 5.38. The molecule has 1 saturated heterocycles. The van der Waals surface area contributed by atoms with Gasteiger partial charge in [0.25, 0.3) is 0 Å². The molecule has 3 rings (SSSR count). The van der Waals surface area contributed by atoms with Gasteiger partial charge in [-0.2, -0.15) is 0 Å². The number of piperazine rings is 1. The lowest BCUT2D eigenvalue weighted by Crippen LogP contribution is -2.46. The van der Waals surface area contributed by atoms with Crippen molar-refractivity contribution in [3.8, 4) is 5.75 Å². The lowest BCUT2D eigenvalue weighted by Gasteiger charge is -2.36. The lowest BCUT2D eigenvalue weighted by molar-refractivity contribution is 0.386. The molecule has 116 valence electrons. The smallest absolute Gasteiger partial charge is 0.167 e. The van der Waals surface area contributed by atoms with Gasteiger partial charge >= 0.3 is 0 Å². The van der Waals surface area contributed by atoms with Crippen molar-refractivity contribution < 1.29 is 9.13 Å². The number of aromatic nitrogens is 2. The first-order chi connectivity index (χ1) is 10.7. The van der Waals surface area contributed by atoms with Crippen LogP contribution < -0.4 is 14.5 Å². The third kappa shape index (κ3) is 3.06. The zero-order valence-corrected chi connectivity index (χ0v) is 12.9. The molecule has 1 aliphatic heterocycles. The maximum Gasteiger partial charge on any atom is 0.167 e. The second-order valence-electron chi connectivity index (χ2n) is 4.99. The van der Waals surface area contributed by atoms with Crippen molar-refractivity contribution in [1.82, 2.24) is 9.97 Å². The normalized spacial score (nSPS) is 15.0. The fourth-order valence-electron chi connectivity index (χ4n) is 2.53. The third-order valence-electron chi connectivity index (χ3n) is 3.70. The summed E-state index contributed by atoms with van der Waals surface area (Å²) in [5.74, 6) is 0.688. The van der Waals surface area contributed by atoms with Crippen LogP contribution in [0, 0.1) is 5.82 Å². The highest BCUT2D eigenvalue weighted by molar-refractivity contribution is 6.29. The van der Waals surface area contributed by atoms with E-state index in [2.05, 4.69) is 19.8 Å². The maximum atomic E-state index is 13.8. The van der Waals surface area contributed by atoms with Gasteiger partial charge in [0, 0.05) is 37.9 Å². The molecule has 0 amide bonds. The Balaban J connectivity index is 1.68. The van der Waals surface area contributed by atoms with Crippen LogP contribution in [0.15, 0.2) is 30.6 Å². The predicted molar refractivity (Wildman–Crippen MR) is 84.4 cm³/mol. The van der Waals surface area contributed by atoms with Crippen LogP contribution in [0.3, 0.4) is 0 Å². The summed E-state index contributed by atoms with van der Waals surface area (Å²) in [6.45, 7) is 3.12. The van der Waals surface area contributed by atoms with E-state index in [1.165, 1.54) is 19.4 Å². The van der Waals surface area contributed by atoms with E-state index in [1.54, 1.807) is 12.3 Å². The molecule has 2 heterocycles. The highest BCUT2D eigenvalue weighted by atomic mass is 35.5. The van der Waals surface area contributed by atoms with Gasteiger partial charge in [-0.05, 0) is 12.1 Å². The van der Waals surface area contributed by atoms with E-state index in [4.69, 9.17) is 16.3 Å². The Morgan fingerprint density at radius 1 is 1.14 bits per heavy atom. The number of benzene rings is 1. The maximum absolute atomic E-state index is 13.8. The van der Waals surface area contributed by atoms with Gasteiger partial charge in [0.2, 0.25) is 0 Å². The molecule has 5 nitrogen and oxygen atoms in total. The molecule has 0 atom stereocenters. The van der Waals surface area contributed by atoms with E-state index in [9.17, 15) is 4.39 Å². The number of hydrogen-bond donors (Lipinski definition) is 0. The van der Waals surface area contributed by atoms with Crippen molar-refractivity contribution in [1.29, 1.82) is 0 Å². The Labute approximate surface area is 133 Å². The highest BCUT2D eigenvalue weighted by Gasteiger charge is 2.19. The molecule has 0 bridgehead atoms. The van der Waals surface area contributed by atoms with Crippen molar-refractivity contribution in [2.24, 2.45) is 0 Å². The van der Waals surface area contributed by atoms with Crippen molar-refractivity contribution in [3.63, 3.8) is 0 Å². The SMILES string of the molecule is COc1ccc(N2CCN(c3cncc(Cl)n3)CC2)cc1F. The lowest BCUT2D eigenvalue weighted by atomic mass is 10.2. The number of nitrogens with zero attached hydrogens (tertiary/aromatic N) is 4. The average Bonchev–Trinajstić information content (AvgIpc) is 2.55. The number of halogens is 2. The summed E-state index contributed by atoms with van der Waals surface area (Å²) in [6, 6.07) is 5.03. The van der Waals surface area contributed by atoms with Crippen molar-refractivity contribution in [2.75, 3.05) is 43.1 Å². The van der Waals surface area contributed by atoms with Crippen LogP contribution in [0.2, 0.25) is 5.15 Å². The third-order valence-corrected chi connectivity index (χ3v) is 3.88. The Morgan fingerprint density at radius 2 is 1.86 bits per heavy atom. The Morgan fingerprint density at radius 3 is 2.50 bits per heavy atom. The van der Waals surface area contributed by atoms with Crippen molar-refractivity contribution in [3.05, 3.63) is 41.6 Å². The zero-order chi connectivity index (χ0) is 15.5. The molecule has 1 fully saturated rings. The molecule has 0 radical (unpaired) electrons. The van der Waals surface area contributed by atoms with Crippen LogP contribution in [-0.2, 0) is 0 Å². The molecule has 7 heteroatoms. The largest absolute Gasteiger partial charge is 0.494 e. The Bertz CT molecular complexity index is 662. The van der Waals surface area contributed by atoms with E-state index < -0.39 is 0 Å². The highest BCUT2D eigenvalue weighted by Crippen LogP contribution is 2.25. The van der Waals surface area contributed by atoms with Crippen LogP contribution in [-0.4, -0.2) is 43.3 Å². The van der Waals surface area contributed by atoms with Gasteiger partial charge in [-0.15, -0.1) is 0 Å². The standard InChI is InChI=1S/C15H16ClFN4O/c1-22-13-3-2-11(8-12(13)17)20-4-6-21(7-5-20)15-10-18-9-14(16)19-15/h2-3,8-10H,4-7H2,1H3. The van der Waals surface area contributed by atoms with Gasteiger partial charge in [-0.1, -0.05) is 11.6 Å². The Hall–Kier alpha value is -2.08. The molecule has 0 aliphatic carbocycles. The second kappa shape index (κ2) is 6.36. The monoisotopic (exact) mass is 322 g/mol. The van der Waals surface area contributed by atoms with Crippen molar-refractivity contribution >= 4 is 23.1 Å². The van der Waals surface area contributed by atoms with Crippen LogP contribution in [0.5, 0.6) is 5.75 Å². The Kier molecular flexibility index (Phi) is 4.29. The first-order valence-electron chi connectivity index (χ1n) is 6.98. The number of hydrogen-bond acceptors (Lipinski definition) is 5. The molecule has 1 aromatic heterocycles. The van der Waals surface area contributed by atoms with E-state index in [-0.39, 0.29) is 11.6 Å². The minimum atomic E-state index is -0.344. The molecule has 1 aromatic carbocycles. The molecule has 0 unspecified atom stereocenters. The van der Waals surface area contributed by atoms with Crippen LogP contribution in [0.25, 0.3) is 0 Å². The summed E-state index contributed by atoms with van der Waals surface area (Å²) in [5, 5.41) is 0.386. The number of rotatable bonds is 3. The van der Waals surface area contributed by atoms with E-state index >= 15 is 0 Å². The summed E-state index contributed by atoms with van der Waals surface area (Å²) >= 11 is 5.87.